The molecule has 0 unspecified atom stereocenters. The molecule has 1 N–H and O–H groups in total. The average Bonchev–Trinajstić information content (AvgIpc) is 3.10. The van der Waals surface area contributed by atoms with Crippen molar-refractivity contribution < 1.29 is 9.53 Å². The summed E-state index contributed by atoms with van der Waals surface area (Å²) in [5.74, 6) is 0.683. The standard InChI is InChI=1S/C21H23N3O2/c1-3-20-19(15-23-24(20)17-9-5-4-6-10-17)21(25)22-12-13-26-18-11-7-8-16(2)14-18/h4-11,14-15H,3,12-13H2,1-2H3,(H,22,25). The van der Waals surface area contributed by atoms with E-state index in [1.165, 1.54) is 0 Å². The van der Waals surface area contributed by atoms with Gasteiger partial charge in [-0.3, -0.25) is 4.79 Å². The molecule has 1 aromatic heterocycles. The van der Waals surface area contributed by atoms with Crippen LogP contribution in [0.5, 0.6) is 5.75 Å². The third-order valence-corrected chi connectivity index (χ3v) is 4.10. The fourth-order valence-corrected chi connectivity index (χ4v) is 2.83. The molecule has 1 heterocycles. The first-order valence-corrected chi connectivity index (χ1v) is 8.79. The fraction of sp³-hybridized carbons (Fsp3) is 0.238. The first-order valence-electron chi connectivity index (χ1n) is 8.79. The van der Waals surface area contributed by atoms with E-state index in [9.17, 15) is 4.79 Å². The van der Waals surface area contributed by atoms with Crippen LogP contribution in [-0.2, 0) is 6.42 Å². The van der Waals surface area contributed by atoms with Crippen LogP contribution >= 0.6 is 0 Å². The van der Waals surface area contributed by atoms with E-state index in [1.54, 1.807) is 6.20 Å². The number of hydrogen-bond acceptors (Lipinski definition) is 3. The Labute approximate surface area is 153 Å². The zero-order valence-electron chi connectivity index (χ0n) is 15.1. The number of nitrogens with one attached hydrogen (secondary N) is 1. The highest BCUT2D eigenvalue weighted by atomic mass is 16.5. The second-order valence-corrected chi connectivity index (χ2v) is 6.03. The number of amides is 1. The number of rotatable bonds is 7. The fourth-order valence-electron chi connectivity index (χ4n) is 2.83. The zero-order chi connectivity index (χ0) is 18.4. The smallest absolute Gasteiger partial charge is 0.254 e. The maximum atomic E-state index is 12.5. The van der Waals surface area contributed by atoms with Crippen LogP contribution in [0, 0.1) is 6.92 Å². The Balaban J connectivity index is 1.60. The van der Waals surface area contributed by atoms with E-state index in [2.05, 4.69) is 10.4 Å². The average molecular weight is 349 g/mol. The van der Waals surface area contributed by atoms with E-state index in [0.717, 1.165) is 29.1 Å². The molecule has 0 radical (unpaired) electrons. The highest BCUT2D eigenvalue weighted by Gasteiger charge is 2.16. The number of ether oxygens (including phenoxy) is 1. The number of hydrogen-bond donors (Lipinski definition) is 1. The number of benzene rings is 2. The molecule has 3 aromatic rings. The molecule has 3 rings (SSSR count). The molecule has 134 valence electrons. The molecular formula is C21H23N3O2. The molecule has 5 nitrogen and oxygen atoms in total. The van der Waals surface area contributed by atoms with Gasteiger partial charge >= 0.3 is 0 Å². The van der Waals surface area contributed by atoms with E-state index in [0.29, 0.717) is 18.7 Å². The summed E-state index contributed by atoms with van der Waals surface area (Å²) in [6, 6.07) is 17.7. The normalized spacial score (nSPS) is 10.5. The van der Waals surface area contributed by atoms with Gasteiger partial charge in [0.05, 0.1) is 29.7 Å². The summed E-state index contributed by atoms with van der Waals surface area (Å²) >= 11 is 0. The Morgan fingerprint density at radius 1 is 1.15 bits per heavy atom. The van der Waals surface area contributed by atoms with Gasteiger partial charge in [-0.2, -0.15) is 5.10 Å². The van der Waals surface area contributed by atoms with Crippen molar-refractivity contribution in [3.63, 3.8) is 0 Å². The van der Waals surface area contributed by atoms with Crippen LogP contribution in [0.3, 0.4) is 0 Å². The van der Waals surface area contributed by atoms with Gasteiger partial charge in [0.15, 0.2) is 0 Å². The molecule has 0 saturated heterocycles. The molecule has 0 saturated carbocycles. The Bertz CT molecular complexity index is 872. The minimum atomic E-state index is -0.128. The Morgan fingerprint density at radius 3 is 2.69 bits per heavy atom. The Morgan fingerprint density at radius 2 is 1.96 bits per heavy atom. The molecular weight excluding hydrogens is 326 g/mol. The van der Waals surface area contributed by atoms with Crippen LogP contribution in [0.2, 0.25) is 0 Å². The lowest BCUT2D eigenvalue weighted by Gasteiger charge is -2.09. The van der Waals surface area contributed by atoms with Crippen LogP contribution in [0.25, 0.3) is 5.69 Å². The first-order chi connectivity index (χ1) is 12.7. The highest BCUT2D eigenvalue weighted by Crippen LogP contribution is 2.16. The highest BCUT2D eigenvalue weighted by molar-refractivity contribution is 5.95. The molecule has 5 heteroatoms. The van der Waals surface area contributed by atoms with Crippen molar-refractivity contribution >= 4 is 5.91 Å². The largest absolute Gasteiger partial charge is 0.492 e. The van der Waals surface area contributed by atoms with Crippen molar-refractivity contribution in [1.29, 1.82) is 0 Å². The van der Waals surface area contributed by atoms with Gasteiger partial charge in [-0.25, -0.2) is 4.68 Å². The Hall–Kier alpha value is -3.08. The monoisotopic (exact) mass is 349 g/mol. The maximum absolute atomic E-state index is 12.5. The number of carbonyl (C=O) groups excluding carboxylic acids is 1. The van der Waals surface area contributed by atoms with E-state index in [1.807, 2.05) is 73.1 Å². The van der Waals surface area contributed by atoms with E-state index >= 15 is 0 Å². The summed E-state index contributed by atoms with van der Waals surface area (Å²) < 4.78 is 7.49. The van der Waals surface area contributed by atoms with Crippen LogP contribution in [0.4, 0.5) is 0 Å². The third-order valence-electron chi connectivity index (χ3n) is 4.10. The lowest BCUT2D eigenvalue weighted by molar-refractivity contribution is 0.0946. The molecule has 0 aliphatic carbocycles. The number of para-hydroxylation sites is 1. The summed E-state index contributed by atoms with van der Waals surface area (Å²) in [6.07, 6.45) is 2.35. The SMILES string of the molecule is CCc1c(C(=O)NCCOc2cccc(C)c2)cnn1-c1ccccc1. The van der Waals surface area contributed by atoms with Crippen molar-refractivity contribution in [3.05, 3.63) is 77.6 Å². The van der Waals surface area contributed by atoms with Gasteiger partial charge in [0, 0.05) is 0 Å². The maximum Gasteiger partial charge on any atom is 0.254 e. The van der Waals surface area contributed by atoms with E-state index in [4.69, 9.17) is 4.74 Å². The van der Waals surface area contributed by atoms with Gasteiger partial charge < -0.3 is 10.1 Å². The predicted molar refractivity (Wildman–Crippen MR) is 102 cm³/mol. The summed E-state index contributed by atoms with van der Waals surface area (Å²) in [5, 5.41) is 7.29. The van der Waals surface area contributed by atoms with Crippen LogP contribution in [-0.4, -0.2) is 28.8 Å². The first kappa shape index (κ1) is 17.7. The summed E-state index contributed by atoms with van der Waals surface area (Å²) in [4.78, 5) is 12.5. The van der Waals surface area contributed by atoms with Crippen molar-refractivity contribution in [2.45, 2.75) is 20.3 Å². The van der Waals surface area contributed by atoms with Gasteiger partial charge in [0.1, 0.15) is 12.4 Å². The number of carbonyl (C=O) groups is 1. The molecule has 0 fully saturated rings. The molecule has 0 aliphatic heterocycles. The molecule has 26 heavy (non-hydrogen) atoms. The second-order valence-electron chi connectivity index (χ2n) is 6.03. The third kappa shape index (κ3) is 4.11. The topological polar surface area (TPSA) is 56.1 Å². The quantitative estimate of drug-likeness (QED) is 0.664. The van der Waals surface area contributed by atoms with E-state index < -0.39 is 0 Å². The van der Waals surface area contributed by atoms with Crippen LogP contribution < -0.4 is 10.1 Å². The van der Waals surface area contributed by atoms with Crippen molar-refractivity contribution in [2.75, 3.05) is 13.2 Å². The number of nitrogens with zero attached hydrogens (tertiary/aromatic N) is 2. The molecule has 0 atom stereocenters. The van der Waals surface area contributed by atoms with E-state index in [-0.39, 0.29) is 5.91 Å². The van der Waals surface area contributed by atoms with Crippen molar-refractivity contribution in [3.8, 4) is 11.4 Å². The molecule has 2 aromatic carbocycles. The summed E-state index contributed by atoms with van der Waals surface area (Å²) in [7, 11) is 0. The zero-order valence-corrected chi connectivity index (χ0v) is 15.1. The van der Waals surface area contributed by atoms with Crippen LogP contribution in [0.15, 0.2) is 60.8 Å². The lowest BCUT2D eigenvalue weighted by atomic mass is 10.2. The summed E-state index contributed by atoms with van der Waals surface area (Å²) in [5.41, 5.74) is 3.60. The van der Waals surface area contributed by atoms with Crippen molar-refractivity contribution in [1.82, 2.24) is 15.1 Å². The molecule has 0 spiro atoms. The molecule has 0 aliphatic rings. The van der Waals surface area contributed by atoms with Crippen molar-refractivity contribution in [2.24, 2.45) is 0 Å². The van der Waals surface area contributed by atoms with Gasteiger partial charge in [-0.15, -0.1) is 0 Å². The van der Waals surface area contributed by atoms with Crippen LogP contribution in [0.1, 0.15) is 28.5 Å². The van der Waals surface area contributed by atoms with Gasteiger partial charge in [-0.1, -0.05) is 37.3 Å². The molecule has 0 bridgehead atoms. The summed E-state index contributed by atoms with van der Waals surface area (Å²) in [6.45, 7) is 4.90. The van der Waals surface area contributed by atoms with Gasteiger partial charge in [-0.05, 0) is 43.2 Å². The lowest BCUT2D eigenvalue weighted by Crippen LogP contribution is -2.28. The minimum Gasteiger partial charge on any atom is -0.492 e. The Kier molecular flexibility index (Phi) is 5.69. The predicted octanol–water partition coefficient (Wildman–Crippen LogP) is 3.55. The number of aromatic nitrogens is 2. The number of aryl methyl sites for hydroxylation is 1. The van der Waals surface area contributed by atoms with Gasteiger partial charge in [0.2, 0.25) is 0 Å². The molecule has 1 amide bonds. The van der Waals surface area contributed by atoms with Gasteiger partial charge in [0.25, 0.3) is 5.91 Å². The minimum absolute atomic E-state index is 0.128. The second kappa shape index (κ2) is 8.34.